The van der Waals surface area contributed by atoms with Crippen molar-refractivity contribution >= 4 is 22.9 Å². The van der Waals surface area contributed by atoms with Crippen molar-refractivity contribution < 1.29 is 22.2 Å². The average molecular weight is 463 g/mol. The van der Waals surface area contributed by atoms with Crippen molar-refractivity contribution in [2.24, 2.45) is 0 Å². The Kier molecular flexibility index (Phi) is 8.43. The summed E-state index contributed by atoms with van der Waals surface area (Å²) in [5.74, 6) is 0.744. The molecule has 7 nitrogen and oxygen atoms in total. The SMILES string of the molecule is CN(Cc1ccc(-c2nnc(C(F)F)o2)cc1)c1ccccc1.O=CN1CCS(=O)CC1. The van der Waals surface area contributed by atoms with Gasteiger partial charge in [-0.05, 0) is 29.8 Å². The quantitative estimate of drug-likeness (QED) is 0.522. The zero-order valence-electron chi connectivity index (χ0n) is 17.6. The van der Waals surface area contributed by atoms with Crippen LogP contribution in [0.5, 0.6) is 0 Å². The van der Waals surface area contributed by atoms with Crippen LogP contribution in [0.1, 0.15) is 17.9 Å². The first-order chi connectivity index (χ1) is 15.5. The Bertz CT molecular complexity index is 1010. The molecule has 170 valence electrons. The van der Waals surface area contributed by atoms with Crippen molar-refractivity contribution in [3.8, 4) is 11.5 Å². The molecule has 0 bridgehead atoms. The number of para-hydroxylation sites is 1. The maximum absolute atomic E-state index is 12.5. The van der Waals surface area contributed by atoms with Gasteiger partial charge in [-0.15, -0.1) is 10.2 Å². The van der Waals surface area contributed by atoms with E-state index >= 15 is 0 Å². The topological polar surface area (TPSA) is 79.5 Å². The molecule has 0 unspecified atom stereocenters. The molecule has 32 heavy (non-hydrogen) atoms. The molecule has 1 saturated heterocycles. The number of carbonyl (C=O) groups excluding carboxylic acids is 1. The van der Waals surface area contributed by atoms with Crippen molar-refractivity contribution in [1.82, 2.24) is 15.1 Å². The number of anilines is 1. The lowest BCUT2D eigenvalue weighted by atomic mass is 10.1. The highest BCUT2D eigenvalue weighted by Gasteiger charge is 2.17. The Morgan fingerprint density at radius 3 is 2.31 bits per heavy atom. The molecule has 0 saturated carbocycles. The lowest BCUT2D eigenvalue weighted by Crippen LogP contribution is -2.36. The third kappa shape index (κ3) is 6.68. The Morgan fingerprint density at radius 2 is 1.75 bits per heavy atom. The van der Waals surface area contributed by atoms with E-state index in [2.05, 4.69) is 15.1 Å². The molecule has 2 aromatic carbocycles. The van der Waals surface area contributed by atoms with Crippen LogP contribution in [0.25, 0.3) is 11.5 Å². The number of aromatic nitrogens is 2. The number of alkyl halides is 2. The van der Waals surface area contributed by atoms with Crippen molar-refractivity contribution in [2.45, 2.75) is 13.0 Å². The summed E-state index contributed by atoms with van der Waals surface area (Å²) in [5, 5.41) is 6.97. The van der Waals surface area contributed by atoms with Gasteiger partial charge < -0.3 is 14.2 Å². The standard InChI is InChI=1S/C17H15F2N3O.C5H9NO2S/c1-22(14-5-3-2-4-6-14)11-12-7-9-13(10-8-12)16-20-21-17(23-16)15(18)19;7-5-6-1-3-9(8)4-2-6/h2-10,15H,11H2,1H3;5H,1-4H2. The molecular formula is C22H24F2N4O3S. The predicted octanol–water partition coefficient (Wildman–Crippen LogP) is 3.52. The Hall–Kier alpha value is -3.14. The predicted molar refractivity (Wildman–Crippen MR) is 119 cm³/mol. The third-order valence-corrected chi connectivity index (χ3v) is 6.08. The number of halogens is 2. The second-order valence-electron chi connectivity index (χ2n) is 7.12. The lowest BCUT2D eigenvalue weighted by molar-refractivity contribution is -0.117. The van der Waals surface area contributed by atoms with Crippen LogP contribution in [-0.4, -0.2) is 57.4 Å². The summed E-state index contributed by atoms with van der Waals surface area (Å²) < 4.78 is 40.6. The minimum atomic E-state index is -2.75. The molecule has 1 aliphatic heterocycles. The summed E-state index contributed by atoms with van der Waals surface area (Å²) >= 11 is 0. The first-order valence-corrected chi connectivity index (χ1v) is 11.5. The normalized spacial score (nSPS) is 14.1. The van der Waals surface area contributed by atoms with Gasteiger partial charge >= 0.3 is 6.43 Å². The summed E-state index contributed by atoms with van der Waals surface area (Å²) in [4.78, 5) is 13.9. The minimum absolute atomic E-state index is 0.100. The number of benzene rings is 2. The van der Waals surface area contributed by atoms with E-state index in [1.165, 1.54) is 0 Å². The molecule has 0 atom stereocenters. The molecule has 0 aliphatic carbocycles. The van der Waals surface area contributed by atoms with E-state index in [-0.39, 0.29) is 5.89 Å². The highest BCUT2D eigenvalue weighted by Crippen LogP contribution is 2.24. The number of hydrogen-bond donors (Lipinski definition) is 0. The highest BCUT2D eigenvalue weighted by molar-refractivity contribution is 7.85. The number of carbonyl (C=O) groups is 1. The fourth-order valence-corrected chi connectivity index (χ4v) is 4.08. The van der Waals surface area contributed by atoms with Gasteiger partial charge in [-0.25, -0.2) is 0 Å². The first kappa shape index (κ1) is 23.5. The van der Waals surface area contributed by atoms with E-state index in [9.17, 15) is 17.8 Å². The highest BCUT2D eigenvalue weighted by atomic mass is 32.2. The Balaban J connectivity index is 0.000000269. The Morgan fingerprint density at radius 1 is 1.09 bits per heavy atom. The van der Waals surface area contributed by atoms with E-state index < -0.39 is 23.1 Å². The van der Waals surface area contributed by atoms with Crippen molar-refractivity contribution in [1.29, 1.82) is 0 Å². The summed E-state index contributed by atoms with van der Waals surface area (Å²) in [7, 11) is 1.35. The Labute approximate surface area is 187 Å². The smallest absolute Gasteiger partial charge is 0.314 e. The van der Waals surface area contributed by atoms with Crippen LogP contribution >= 0.6 is 0 Å². The molecule has 0 radical (unpaired) electrons. The van der Waals surface area contributed by atoms with Gasteiger partial charge in [0.25, 0.3) is 5.89 Å². The number of amides is 1. The molecule has 1 aromatic heterocycles. The average Bonchev–Trinajstić information content (AvgIpc) is 3.32. The van der Waals surface area contributed by atoms with Crippen LogP contribution in [0.4, 0.5) is 14.5 Å². The first-order valence-electron chi connectivity index (χ1n) is 9.97. The van der Waals surface area contributed by atoms with Crippen LogP contribution < -0.4 is 4.90 Å². The maximum Gasteiger partial charge on any atom is 0.314 e. The van der Waals surface area contributed by atoms with Gasteiger partial charge in [-0.1, -0.05) is 30.3 Å². The van der Waals surface area contributed by atoms with Crippen LogP contribution in [0.3, 0.4) is 0 Å². The number of rotatable bonds is 6. The zero-order chi connectivity index (χ0) is 22.9. The maximum atomic E-state index is 12.5. The summed E-state index contributed by atoms with van der Waals surface area (Å²) in [5.41, 5.74) is 2.83. The molecule has 10 heteroatoms. The molecule has 4 rings (SSSR count). The number of nitrogens with zero attached hydrogens (tertiary/aromatic N) is 4. The molecule has 0 N–H and O–H groups in total. The molecule has 3 aromatic rings. The fraction of sp³-hybridized carbons (Fsp3) is 0.318. The van der Waals surface area contributed by atoms with Gasteiger partial charge in [0, 0.05) is 60.2 Å². The largest absolute Gasteiger partial charge is 0.415 e. The summed E-state index contributed by atoms with van der Waals surface area (Å²) in [6, 6.07) is 17.5. The van der Waals surface area contributed by atoms with Crippen LogP contribution in [0.2, 0.25) is 0 Å². The molecule has 0 spiro atoms. The summed E-state index contributed by atoms with van der Waals surface area (Å²) in [6.45, 7) is 2.06. The third-order valence-electron chi connectivity index (χ3n) is 4.81. The van der Waals surface area contributed by atoms with E-state index in [0.29, 0.717) is 30.2 Å². The van der Waals surface area contributed by atoms with Crippen molar-refractivity contribution in [3.63, 3.8) is 0 Å². The molecule has 2 heterocycles. The van der Waals surface area contributed by atoms with Gasteiger partial charge in [0.05, 0.1) is 0 Å². The summed E-state index contributed by atoms with van der Waals surface area (Å²) in [6.07, 6.45) is -1.94. The monoisotopic (exact) mass is 462 g/mol. The van der Waals surface area contributed by atoms with Gasteiger partial charge in [0.2, 0.25) is 12.3 Å². The molecule has 1 amide bonds. The van der Waals surface area contributed by atoms with E-state index in [1.54, 1.807) is 17.0 Å². The van der Waals surface area contributed by atoms with Gasteiger partial charge in [-0.3, -0.25) is 9.00 Å². The second-order valence-corrected chi connectivity index (χ2v) is 8.82. The molecular weight excluding hydrogens is 438 g/mol. The van der Waals surface area contributed by atoms with Gasteiger partial charge in [0.1, 0.15) is 0 Å². The van der Waals surface area contributed by atoms with Gasteiger partial charge in [-0.2, -0.15) is 8.78 Å². The molecule has 1 aliphatic rings. The van der Waals surface area contributed by atoms with Crippen molar-refractivity contribution in [2.75, 3.05) is 36.5 Å². The van der Waals surface area contributed by atoms with Gasteiger partial charge in [0.15, 0.2) is 0 Å². The van der Waals surface area contributed by atoms with Crippen LogP contribution in [0.15, 0.2) is 59.0 Å². The number of hydrogen-bond acceptors (Lipinski definition) is 6. The minimum Gasteiger partial charge on any atom is -0.415 e. The fourth-order valence-electron chi connectivity index (χ4n) is 3.00. The van der Waals surface area contributed by atoms with Crippen LogP contribution in [0, 0.1) is 0 Å². The second kappa shape index (κ2) is 11.5. The van der Waals surface area contributed by atoms with E-state index in [1.807, 2.05) is 49.5 Å². The lowest BCUT2D eigenvalue weighted by Gasteiger charge is -2.21. The van der Waals surface area contributed by atoms with E-state index in [4.69, 9.17) is 4.42 Å². The van der Waals surface area contributed by atoms with Crippen LogP contribution in [-0.2, 0) is 22.1 Å². The zero-order valence-corrected chi connectivity index (χ0v) is 18.4. The van der Waals surface area contributed by atoms with Crippen molar-refractivity contribution in [3.05, 3.63) is 66.1 Å². The van der Waals surface area contributed by atoms with E-state index in [0.717, 1.165) is 24.2 Å². The molecule has 1 fully saturated rings.